The van der Waals surface area contributed by atoms with Gasteiger partial charge >= 0.3 is 0 Å². The molecule has 2 aromatic rings. The summed E-state index contributed by atoms with van der Waals surface area (Å²) in [6.07, 6.45) is 9.94. The Morgan fingerprint density at radius 2 is 1.38 bits per heavy atom. The summed E-state index contributed by atoms with van der Waals surface area (Å²) in [5.74, 6) is 1.58. The van der Waals surface area contributed by atoms with E-state index in [1.807, 2.05) is 0 Å². The maximum atomic E-state index is 2.38. The number of hydrogen-bond acceptors (Lipinski definition) is 0. The van der Waals surface area contributed by atoms with Gasteiger partial charge in [-0.15, -0.1) is 0 Å². The summed E-state index contributed by atoms with van der Waals surface area (Å²) in [4.78, 5) is 0. The van der Waals surface area contributed by atoms with Crippen molar-refractivity contribution in [2.24, 2.45) is 5.92 Å². The highest BCUT2D eigenvalue weighted by Crippen LogP contribution is 2.36. The lowest BCUT2D eigenvalue weighted by molar-refractivity contribution is 0.376. The molecular formula is C21H24. The van der Waals surface area contributed by atoms with E-state index in [2.05, 4.69) is 73.7 Å². The molecule has 0 unspecified atom stereocenters. The Morgan fingerprint density at radius 1 is 0.762 bits per heavy atom. The molecule has 3 rings (SSSR count). The standard InChI is InChI=1S/C21H24/c1-2-6-17-9-11-19(12-10-17)21-15-13-20(14-16-21)18-7-4-3-5-8-18/h2-8,13-17,19H,9-12H2,1H3/b6-2+. The van der Waals surface area contributed by atoms with Gasteiger partial charge in [0.1, 0.15) is 0 Å². The van der Waals surface area contributed by atoms with Gasteiger partial charge in [-0.2, -0.15) is 0 Å². The van der Waals surface area contributed by atoms with Gasteiger partial charge in [0, 0.05) is 0 Å². The van der Waals surface area contributed by atoms with Crippen molar-refractivity contribution in [2.45, 2.75) is 38.5 Å². The van der Waals surface area contributed by atoms with Crippen LogP contribution in [-0.2, 0) is 0 Å². The van der Waals surface area contributed by atoms with Crippen molar-refractivity contribution >= 4 is 0 Å². The Morgan fingerprint density at radius 3 is 2.00 bits per heavy atom. The lowest BCUT2D eigenvalue weighted by atomic mass is 9.78. The molecule has 0 aromatic heterocycles. The Bertz CT molecular complexity index is 569. The van der Waals surface area contributed by atoms with E-state index >= 15 is 0 Å². The summed E-state index contributed by atoms with van der Waals surface area (Å²) in [5.41, 5.74) is 4.15. The highest BCUT2D eigenvalue weighted by molar-refractivity contribution is 5.63. The molecule has 1 aliphatic carbocycles. The van der Waals surface area contributed by atoms with Crippen LogP contribution in [0.5, 0.6) is 0 Å². The van der Waals surface area contributed by atoms with Crippen LogP contribution in [0.4, 0.5) is 0 Å². The van der Waals surface area contributed by atoms with Gasteiger partial charge in [0.15, 0.2) is 0 Å². The SMILES string of the molecule is C/C=C/C1CCC(c2ccc(-c3ccccc3)cc2)CC1. The van der Waals surface area contributed by atoms with Crippen LogP contribution in [-0.4, -0.2) is 0 Å². The summed E-state index contributed by atoms with van der Waals surface area (Å²) in [6.45, 7) is 2.13. The second kappa shape index (κ2) is 6.76. The van der Waals surface area contributed by atoms with E-state index in [0.717, 1.165) is 11.8 Å². The van der Waals surface area contributed by atoms with Gasteiger partial charge in [-0.25, -0.2) is 0 Å². The molecule has 0 heterocycles. The van der Waals surface area contributed by atoms with E-state index in [-0.39, 0.29) is 0 Å². The van der Waals surface area contributed by atoms with Crippen LogP contribution < -0.4 is 0 Å². The Labute approximate surface area is 128 Å². The van der Waals surface area contributed by atoms with Gasteiger partial charge < -0.3 is 0 Å². The molecule has 1 aliphatic rings. The number of allylic oxidation sites excluding steroid dienone is 2. The van der Waals surface area contributed by atoms with Gasteiger partial charge in [-0.1, -0.05) is 66.7 Å². The van der Waals surface area contributed by atoms with Crippen molar-refractivity contribution in [1.29, 1.82) is 0 Å². The van der Waals surface area contributed by atoms with Crippen LogP contribution in [0.2, 0.25) is 0 Å². The second-order valence-electron chi connectivity index (χ2n) is 6.13. The van der Waals surface area contributed by atoms with Crippen molar-refractivity contribution in [3.8, 4) is 11.1 Å². The molecule has 0 aliphatic heterocycles. The maximum Gasteiger partial charge on any atom is -0.0162 e. The molecule has 0 radical (unpaired) electrons. The van der Waals surface area contributed by atoms with Crippen LogP contribution in [0.15, 0.2) is 66.7 Å². The zero-order valence-corrected chi connectivity index (χ0v) is 12.8. The number of rotatable bonds is 3. The first-order valence-corrected chi connectivity index (χ1v) is 8.15. The third-order valence-electron chi connectivity index (χ3n) is 4.73. The molecule has 0 spiro atoms. The summed E-state index contributed by atoms with van der Waals surface area (Å²) in [7, 11) is 0. The van der Waals surface area contributed by atoms with Crippen LogP contribution in [0.25, 0.3) is 11.1 Å². The molecule has 0 bridgehead atoms. The van der Waals surface area contributed by atoms with Gasteiger partial charge in [0.2, 0.25) is 0 Å². The third kappa shape index (κ3) is 3.44. The molecule has 21 heavy (non-hydrogen) atoms. The molecule has 0 nitrogen and oxygen atoms in total. The highest BCUT2D eigenvalue weighted by atomic mass is 14.3. The van der Waals surface area contributed by atoms with Crippen LogP contribution in [0.1, 0.15) is 44.1 Å². The van der Waals surface area contributed by atoms with E-state index < -0.39 is 0 Å². The smallest absolute Gasteiger partial charge is 0.0162 e. The average Bonchev–Trinajstić information content (AvgIpc) is 2.57. The molecule has 0 amide bonds. The number of hydrogen-bond donors (Lipinski definition) is 0. The minimum Gasteiger partial charge on any atom is -0.0914 e. The van der Waals surface area contributed by atoms with Crippen LogP contribution in [0, 0.1) is 5.92 Å². The van der Waals surface area contributed by atoms with E-state index in [4.69, 9.17) is 0 Å². The van der Waals surface area contributed by atoms with Crippen molar-refractivity contribution in [1.82, 2.24) is 0 Å². The van der Waals surface area contributed by atoms with Crippen LogP contribution in [0.3, 0.4) is 0 Å². The van der Waals surface area contributed by atoms with Gasteiger partial charge in [0.25, 0.3) is 0 Å². The molecule has 0 atom stereocenters. The molecule has 1 saturated carbocycles. The lowest BCUT2D eigenvalue weighted by Crippen LogP contribution is -2.11. The fourth-order valence-corrected chi connectivity index (χ4v) is 3.50. The molecule has 1 fully saturated rings. The molecule has 0 heteroatoms. The van der Waals surface area contributed by atoms with E-state index in [1.54, 1.807) is 0 Å². The topological polar surface area (TPSA) is 0 Å². The zero-order chi connectivity index (χ0) is 14.5. The predicted molar refractivity (Wildman–Crippen MR) is 91.4 cm³/mol. The maximum absolute atomic E-state index is 2.38. The van der Waals surface area contributed by atoms with Crippen molar-refractivity contribution in [3.63, 3.8) is 0 Å². The first kappa shape index (κ1) is 14.1. The highest BCUT2D eigenvalue weighted by Gasteiger charge is 2.20. The minimum atomic E-state index is 0.760. The third-order valence-corrected chi connectivity index (χ3v) is 4.73. The fraction of sp³-hybridized carbons (Fsp3) is 0.333. The quantitative estimate of drug-likeness (QED) is 0.585. The summed E-state index contributed by atoms with van der Waals surface area (Å²) < 4.78 is 0. The second-order valence-corrected chi connectivity index (χ2v) is 6.13. The molecular weight excluding hydrogens is 252 g/mol. The lowest BCUT2D eigenvalue weighted by Gasteiger charge is -2.27. The normalized spacial score (nSPS) is 22.5. The summed E-state index contributed by atoms with van der Waals surface area (Å²) in [6, 6.07) is 19.9. The van der Waals surface area contributed by atoms with E-state index in [1.165, 1.54) is 42.4 Å². The fourth-order valence-electron chi connectivity index (χ4n) is 3.50. The average molecular weight is 276 g/mol. The number of benzene rings is 2. The monoisotopic (exact) mass is 276 g/mol. The van der Waals surface area contributed by atoms with E-state index in [9.17, 15) is 0 Å². The van der Waals surface area contributed by atoms with E-state index in [0.29, 0.717) is 0 Å². The van der Waals surface area contributed by atoms with Gasteiger partial charge in [-0.3, -0.25) is 0 Å². The summed E-state index contributed by atoms with van der Waals surface area (Å²) in [5, 5.41) is 0. The minimum absolute atomic E-state index is 0.760. The van der Waals surface area contributed by atoms with Crippen LogP contribution >= 0.6 is 0 Å². The van der Waals surface area contributed by atoms with Gasteiger partial charge in [0.05, 0.1) is 0 Å². The van der Waals surface area contributed by atoms with Gasteiger partial charge in [-0.05, 0) is 61.1 Å². The molecule has 0 N–H and O–H groups in total. The summed E-state index contributed by atoms with van der Waals surface area (Å²) >= 11 is 0. The largest absolute Gasteiger partial charge is 0.0914 e. The Hall–Kier alpha value is -1.82. The zero-order valence-electron chi connectivity index (χ0n) is 12.8. The molecule has 108 valence electrons. The van der Waals surface area contributed by atoms with Crippen molar-refractivity contribution < 1.29 is 0 Å². The predicted octanol–water partition coefficient (Wildman–Crippen LogP) is 6.20. The first-order valence-electron chi connectivity index (χ1n) is 8.15. The van der Waals surface area contributed by atoms with Crippen molar-refractivity contribution in [3.05, 3.63) is 72.3 Å². The van der Waals surface area contributed by atoms with Crippen molar-refractivity contribution in [2.75, 3.05) is 0 Å². The first-order chi connectivity index (χ1) is 10.4. The molecule has 0 saturated heterocycles. The Balaban J connectivity index is 1.68. The Kier molecular flexibility index (Phi) is 4.55. The molecule has 2 aromatic carbocycles.